The van der Waals surface area contributed by atoms with Crippen molar-refractivity contribution < 1.29 is 9.53 Å². The van der Waals surface area contributed by atoms with Crippen molar-refractivity contribution in [3.63, 3.8) is 0 Å². The van der Waals surface area contributed by atoms with E-state index in [0.717, 1.165) is 26.6 Å². The minimum absolute atomic E-state index is 0.00846. The second-order valence-corrected chi connectivity index (χ2v) is 9.50. The van der Waals surface area contributed by atoms with Crippen molar-refractivity contribution >= 4 is 56.0 Å². The number of hydrogen-bond donors (Lipinski definition) is 0. The molecule has 4 rings (SSSR count). The molecule has 4 aromatic rings. The molecule has 0 unspecified atom stereocenters. The molecule has 8 heteroatoms. The van der Waals surface area contributed by atoms with Gasteiger partial charge < -0.3 is 4.74 Å². The van der Waals surface area contributed by atoms with Crippen molar-refractivity contribution in [3.8, 4) is 5.75 Å². The van der Waals surface area contributed by atoms with E-state index in [1.54, 1.807) is 22.9 Å². The molecule has 0 spiro atoms. The van der Waals surface area contributed by atoms with Crippen LogP contribution in [0, 0.1) is 0 Å². The van der Waals surface area contributed by atoms with Gasteiger partial charge in [0.1, 0.15) is 11.3 Å². The van der Waals surface area contributed by atoms with E-state index in [2.05, 4.69) is 4.98 Å². The van der Waals surface area contributed by atoms with Gasteiger partial charge in [-0.1, -0.05) is 35.1 Å². The molecule has 0 radical (unpaired) electrons. The van der Waals surface area contributed by atoms with Crippen molar-refractivity contribution in [3.05, 3.63) is 77.6 Å². The molecule has 32 heavy (non-hydrogen) atoms. The summed E-state index contributed by atoms with van der Waals surface area (Å²) in [6.45, 7) is 2.88. The minimum Gasteiger partial charge on any atom is -0.492 e. The van der Waals surface area contributed by atoms with E-state index >= 15 is 0 Å². The lowest BCUT2D eigenvalue weighted by Gasteiger charge is -2.19. The molecule has 1 amide bonds. The summed E-state index contributed by atoms with van der Waals surface area (Å²) in [5, 5.41) is 1.36. The van der Waals surface area contributed by atoms with Crippen LogP contribution in [-0.2, 0) is 11.3 Å². The molecule has 0 aliphatic carbocycles. The molecule has 5 nitrogen and oxygen atoms in total. The first kappa shape index (κ1) is 22.6. The Morgan fingerprint density at radius 1 is 1.12 bits per heavy atom. The number of thiazole rings is 1. The van der Waals surface area contributed by atoms with Gasteiger partial charge in [-0.15, -0.1) is 11.8 Å². The third kappa shape index (κ3) is 5.59. The highest BCUT2D eigenvalue weighted by atomic mass is 35.5. The summed E-state index contributed by atoms with van der Waals surface area (Å²) in [6.07, 6.45) is 2.12. The smallest absolute Gasteiger partial charge is 0.229 e. The van der Waals surface area contributed by atoms with E-state index in [-0.39, 0.29) is 5.91 Å². The molecular formula is C24H22ClN3O2S2. The van der Waals surface area contributed by atoms with Gasteiger partial charge in [0.25, 0.3) is 0 Å². The molecule has 0 bridgehead atoms. The summed E-state index contributed by atoms with van der Waals surface area (Å²) in [7, 11) is 0. The number of fused-ring (bicyclic) bond motifs is 1. The highest BCUT2D eigenvalue weighted by Gasteiger charge is 2.21. The van der Waals surface area contributed by atoms with Crippen LogP contribution >= 0.6 is 34.7 Å². The minimum atomic E-state index is 0.00846. The predicted octanol–water partition coefficient (Wildman–Crippen LogP) is 6.46. The van der Waals surface area contributed by atoms with Crippen LogP contribution < -0.4 is 9.64 Å². The first-order valence-electron chi connectivity index (χ1n) is 10.2. The zero-order chi connectivity index (χ0) is 22.3. The summed E-state index contributed by atoms with van der Waals surface area (Å²) >= 11 is 9.08. The van der Waals surface area contributed by atoms with Crippen LogP contribution in [-0.4, -0.2) is 28.2 Å². The second kappa shape index (κ2) is 10.8. The number of para-hydroxylation sites is 1. The number of benzene rings is 2. The maximum Gasteiger partial charge on any atom is 0.229 e. The zero-order valence-electron chi connectivity index (χ0n) is 17.5. The number of ether oxygens (including phenoxy) is 1. The number of hydrogen-bond acceptors (Lipinski definition) is 6. The molecule has 0 fully saturated rings. The Morgan fingerprint density at radius 2 is 1.97 bits per heavy atom. The van der Waals surface area contributed by atoms with Crippen molar-refractivity contribution in [2.75, 3.05) is 17.3 Å². The molecule has 2 aromatic carbocycles. The molecule has 0 N–H and O–H groups in total. The Kier molecular flexibility index (Phi) is 7.63. The van der Waals surface area contributed by atoms with Gasteiger partial charge in [0.15, 0.2) is 5.13 Å². The quantitative estimate of drug-likeness (QED) is 0.256. The second-order valence-electron chi connectivity index (χ2n) is 6.89. The van der Waals surface area contributed by atoms with Gasteiger partial charge in [0.05, 0.1) is 23.5 Å². The Balaban J connectivity index is 1.55. The van der Waals surface area contributed by atoms with E-state index < -0.39 is 0 Å². The number of amides is 1. The predicted molar refractivity (Wildman–Crippen MR) is 133 cm³/mol. The number of rotatable bonds is 9. The average molecular weight is 484 g/mol. The standard InChI is InChI=1S/C24H22ClN3O2S2/c1-2-30-20-7-5-8-21-23(20)27-24(32-21)28(16-18-6-3-4-14-26-18)22(29)13-15-31-19-11-9-17(25)10-12-19/h3-12,14H,2,13,15-16H2,1H3. The number of nitrogens with zero attached hydrogens (tertiary/aromatic N) is 3. The molecule has 2 heterocycles. The fraction of sp³-hybridized carbons (Fsp3) is 0.208. The van der Waals surface area contributed by atoms with Crippen LogP contribution in [0.2, 0.25) is 5.02 Å². The molecule has 0 saturated heterocycles. The molecule has 0 atom stereocenters. The van der Waals surface area contributed by atoms with Crippen molar-refractivity contribution in [2.45, 2.75) is 24.8 Å². The topological polar surface area (TPSA) is 55.3 Å². The Morgan fingerprint density at radius 3 is 2.72 bits per heavy atom. The lowest BCUT2D eigenvalue weighted by molar-refractivity contribution is -0.118. The summed E-state index contributed by atoms with van der Waals surface area (Å²) in [6, 6.07) is 19.2. The van der Waals surface area contributed by atoms with Crippen LogP contribution in [0.3, 0.4) is 0 Å². The average Bonchev–Trinajstić information content (AvgIpc) is 3.24. The molecule has 2 aromatic heterocycles. The van der Waals surface area contributed by atoms with Crippen LogP contribution in [0.15, 0.2) is 71.8 Å². The van der Waals surface area contributed by atoms with E-state index in [4.69, 9.17) is 21.3 Å². The SMILES string of the molecule is CCOc1cccc2sc(N(Cc3ccccn3)C(=O)CCSc3ccc(Cl)cc3)nc12. The molecule has 0 aliphatic heterocycles. The molecule has 164 valence electrons. The monoisotopic (exact) mass is 483 g/mol. The third-order valence-electron chi connectivity index (χ3n) is 4.65. The lowest BCUT2D eigenvalue weighted by Crippen LogP contribution is -2.30. The first-order chi connectivity index (χ1) is 15.6. The number of anilines is 1. The van der Waals surface area contributed by atoms with Gasteiger partial charge in [0.2, 0.25) is 5.91 Å². The summed E-state index contributed by atoms with van der Waals surface area (Å²) in [5.41, 5.74) is 1.60. The van der Waals surface area contributed by atoms with Gasteiger partial charge in [-0.05, 0) is 55.5 Å². The van der Waals surface area contributed by atoms with Crippen LogP contribution in [0.5, 0.6) is 5.75 Å². The summed E-state index contributed by atoms with van der Waals surface area (Å²) in [5.74, 6) is 1.40. The van der Waals surface area contributed by atoms with Gasteiger partial charge in [-0.3, -0.25) is 14.7 Å². The number of halogens is 1. The Labute approximate surface area is 200 Å². The van der Waals surface area contributed by atoms with E-state index in [9.17, 15) is 4.79 Å². The summed E-state index contributed by atoms with van der Waals surface area (Å²) in [4.78, 5) is 25.3. The van der Waals surface area contributed by atoms with Crippen molar-refractivity contribution in [2.24, 2.45) is 0 Å². The zero-order valence-corrected chi connectivity index (χ0v) is 19.9. The largest absolute Gasteiger partial charge is 0.492 e. The highest BCUT2D eigenvalue weighted by Crippen LogP contribution is 2.35. The van der Waals surface area contributed by atoms with E-state index in [1.165, 1.54) is 11.3 Å². The number of carbonyl (C=O) groups is 1. The van der Waals surface area contributed by atoms with Gasteiger partial charge >= 0.3 is 0 Å². The Hall–Kier alpha value is -2.61. The third-order valence-corrected chi connectivity index (χ3v) is 6.96. The first-order valence-corrected chi connectivity index (χ1v) is 12.4. The molecular weight excluding hydrogens is 462 g/mol. The Bertz CT molecular complexity index is 1180. The fourth-order valence-electron chi connectivity index (χ4n) is 3.14. The fourth-order valence-corrected chi connectivity index (χ4v) is 5.10. The molecule has 0 aliphatic rings. The summed E-state index contributed by atoms with van der Waals surface area (Å²) < 4.78 is 6.72. The van der Waals surface area contributed by atoms with Gasteiger partial charge in [-0.25, -0.2) is 4.98 Å². The normalized spacial score (nSPS) is 10.9. The van der Waals surface area contributed by atoms with Gasteiger partial charge in [0, 0.05) is 28.3 Å². The maximum atomic E-state index is 13.3. The number of pyridine rings is 1. The lowest BCUT2D eigenvalue weighted by atomic mass is 10.3. The van der Waals surface area contributed by atoms with Crippen LogP contribution in [0.25, 0.3) is 10.2 Å². The number of carbonyl (C=O) groups excluding carboxylic acids is 1. The van der Waals surface area contributed by atoms with Crippen molar-refractivity contribution in [1.82, 2.24) is 9.97 Å². The molecule has 0 saturated carbocycles. The van der Waals surface area contributed by atoms with Crippen LogP contribution in [0.1, 0.15) is 19.0 Å². The van der Waals surface area contributed by atoms with Gasteiger partial charge in [-0.2, -0.15) is 0 Å². The van der Waals surface area contributed by atoms with E-state index in [0.29, 0.717) is 35.5 Å². The maximum absolute atomic E-state index is 13.3. The van der Waals surface area contributed by atoms with E-state index in [1.807, 2.05) is 67.6 Å². The highest BCUT2D eigenvalue weighted by molar-refractivity contribution is 7.99. The number of aromatic nitrogens is 2. The number of thioether (sulfide) groups is 1. The van der Waals surface area contributed by atoms with Crippen LogP contribution in [0.4, 0.5) is 5.13 Å². The van der Waals surface area contributed by atoms with Crippen molar-refractivity contribution in [1.29, 1.82) is 0 Å².